The van der Waals surface area contributed by atoms with Crippen LogP contribution < -0.4 is 0 Å². The van der Waals surface area contributed by atoms with Gasteiger partial charge in [-0.1, -0.05) is 6.92 Å². The van der Waals surface area contributed by atoms with Crippen molar-refractivity contribution < 1.29 is 4.79 Å². The molecule has 0 unspecified atom stereocenters. The molecule has 1 rings (SSSR count). The zero-order valence-corrected chi connectivity index (χ0v) is 6.05. The van der Waals surface area contributed by atoms with E-state index < -0.39 is 0 Å². The van der Waals surface area contributed by atoms with Crippen molar-refractivity contribution in [1.82, 2.24) is 4.90 Å². The number of nitrogens with zero attached hydrogens (tertiary/aromatic N) is 1. The van der Waals surface area contributed by atoms with Crippen LogP contribution in [0.4, 0.5) is 0 Å². The molecule has 1 aliphatic carbocycles. The van der Waals surface area contributed by atoms with Gasteiger partial charge in [0.05, 0.1) is 0 Å². The van der Waals surface area contributed by atoms with E-state index in [1.54, 1.807) is 0 Å². The Morgan fingerprint density at radius 2 is 2.22 bits per heavy atom. The first-order valence-electron chi connectivity index (χ1n) is 3.51. The average molecular weight is 127 g/mol. The Balaban J connectivity index is 2.30. The first kappa shape index (κ1) is 6.59. The molecule has 0 aromatic rings. The van der Waals surface area contributed by atoms with Crippen LogP contribution in [0.15, 0.2) is 0 Å². The predicted octanol–water partition coefficient (Wildman–Crippen LogP) is 1.02. The zero-order chi connectivity index (χ0) is 6.85. The van der Waals surface area contributed by atoms with Gasteiger partial charge in [0.25, 0.3) is 0 Å². The van der Waals surface area contributed by atoms with Gasteiger partial charge in [-0.3, -0.25) is 4.79 Å². The van der Waals surface area contributed by atoms with Gasteiger partial charge in [0, 0.05) is 19.5 Å². The fraction of sp³-hybridized carbons (Fsp3) is 0.857. The second-order valence-corrected chi connectivity index (χ2v) is 2.59. The van der Waals surface area contributed by atoms with Crippen LogP contribution in [0, 0.1) is 0 Å². The van der Waals surface area contributed by atoms with E-state index in [4.69, 9.17) is 0 Å². The van der Waals surface area contributed by atoms with Gasteiger partial charge < -0.3 is 4.90 Å². The minimum Gasteiger partial charge on any atom is -0.343 e. The predicted molar refractivity (Wildman–Crippen MR) is 36.1 cm³/mol. The molecule has 0 heterocycles. The molecule has 2 nitrogen and oxygen atoms in total. The van der Waals surface area contributed by atoms with E-state index in [0.717, 1.165) is 0 Å². The standard InChI is InChI=1S/C7H13NO/c1-3-7(9)8(2)6-4-5-6/h6H,3-5H2,1-2H3. The molecule has 1 saturated carbocycles. The van der Waals surface area contributed by atoms with Gasteiger partial charge in [0.1, 0.15) is 0 Å². The zero-order valence-electron chi connectivity index (χ0n) is 6.05. The maximum atomic E-state index is 10.9. The maximum Gasteiger partial charge on any atom is 0.222 e. The second kappa shape index (κ2) is 2.38. The first-order valence-corrected chi connectivity index (χ1v) is 3.51. The first-order chi connectivity index (χ1) is 4.25. The third-order valence-corrected chi connectivity index (χ3v) is 1.79. The van der Waals surface area contributed by atoms with E-state index in [1.165, 1.54) is 12.8 Å². The Bertz CT molecular complexity index is 118. The number of rotatable bonds is 2. The lowest BCUT2D eigenvalue weighted by Gasteiger charge is -2.13. The molecule has 1 amide bonds. The Kier molecular flexibility index (Phi) is 1.74. The molecule has 2 heteroatoms. The van der Waals surface area contributed by atoms with E-state index in [-0.39, 0.29) is 5.91 Å². The molecule has 0 atom stereocenters. The summed E-state index contributed by atoms with van der Waals surface area (Å²) in [6, 6.07) is 0.581. The number of hydrogen-bond acceptors (Lipinski definition) is 1. The average Bonchev–Trinajstić information content (AvgIpc) is 2.66. The van der Waals surface area contributed by atoms with Gasteiger partial charge >= 0.3 is 0 Å². The summed E-state index contributed by atoms with van der Waals surface area (Å²) >= 11 is 0. The van der Waals surface area contributed by atoms with Crippen LogP contribution >= 0.6 is 0 Å². The number of carbonyl (C=O) groups excluding carboxylic acids is 1. The highest BCUT2D eigenvalue weighted by atomic mass is 16.2. The Labute approximate surface area is 55.8 Å². The summed E-state index contributed by atoms with van der Waals surface area (Å²) in [5.41, 5.74) is 0. The monoisotopic (exact) mass is 127 g/mol. The molecule has 0 saturated heterocycles. The van der Waals surface area contributed by atoms with Gasteiger partial charge in [-0.05, 0) is 12.8 Å². The van der Waals surface area contributed by atoms with Gasteiger partial charge in [0.2, 0.25) is 5.91 Å². The van der Waals surface area contributed by atoms with E-state index >= 15 is 0 Å². The van der Waals surface area contributed by atoms with Gasteiger partial charge in [0.15, 0.2) is 0 Å². The molecular formula is C7H13NO. The molecule has 0 aromatic heterocycles. The fourth-order valence-electron chi connectivity index (χ4n) is 0.915. The molecular weight excluding hydrogens is 114 g/mol. The van der Waals surface area contributed by atoms with Crippen molar-refractivity contribution in [2.75, 3.05) is 7.05 Å². The third kappa shape index (κ3) is 1.44. The highest BCUT2D eigenvalue weighted by Crippen LogP contribution is 2.25. The number of carbonyl (C=O) groups is 1. The van der Waals surface area contributed by atoms with Crippen molar-refractivity contribution in [3.8, 4) is 0 Å². The summed E-state index contributed by atoms with van der Waals surface area (Å²) in [4.78, 5) is 12.8. The topological polar surface area (TPSA) is 20.3 Å². The van der Waals surface area contributed by atoms with Crippen LogP contribution in [-0.2, 0) is 4.79 Å². The lowest BCUT2D eigenvalue weighted by Crippen LogP contribution is -2.27. The highest BCUT2D eigenvalue weighted by Gasteiger charge is 2.28. The van der Waals surface area contributed by atoms with Crippen LogP contribution in [0.5, 0.6) is 0 Å². The molecule has 52 valence electrons. The minimum absolute atomic E-state index is 0.275. The number of hydrogen-bond donors (Lipinski definition) is 0. The van der Waals surface area contributed by atoms with Crippen molar-refractivity contribution in [3.63, 3.8) is 0 Å². The van der Waals surface area contributed by atoms with Crippen LogP contribution in [0.2, 0.25) is 0 Å². The van der Waals surface area contributed by atoms with Crippen molar-refractivity contribution in [2.24, 2.45) is 0 Å². The van der Waals surface area contributed by atoms with Gasteiger partial charge in [-0.25, -0.2) is 0 Å². The van der Waals surface area contributed by atoms with Crippen molar-refractivity contribution in [2.45, 2.75) is 32.2 Å². The lowest BCUT2D eigenvalue weighted by atomic mass is 10.4. The summed E-state index contributed by atoms with van der Waals surface area (Å²) in [6.45, 7) is 1.90. The Morgan fingerprint density at radius 1 is 1.67 bits per heavy atom. The van der Waals surface area contributed by atoms with Crippen molar-refractivity contribution in [1.29, 1.82) is 0 Å². The van der Waals surface area contributed by atoms with Crippen molar-refractivity contribution in [3.05, 3.63) is 0 Å². The van der Waals surface area contributed by atoms with E-state index in [0.29, 0.717) is 12.5 Å². The molecule has 0 radical (unpaired) electrons. The molecule has 0 bridgehead atoms. The minimum atomic E-state index is 0.275. The Morgan fingerprint density at radius 3 is 2.56 bits per heavy atom. The van der Waals surface area contributed by atoms with Crippen LogP contribution in [0.25, 0.3) is 0 Å². The van der Waals surface area contributed by atoms with Crippen molar-refractivity contribution >= 4 is 5.91 Å². The summed E-state index contributed by atoms with van der Waals surface area (Å²) in [6.07, 6.45) is 3.07. The fourth-order valence-corrected chi connectivity index (χ4v) is 0.915. The summed E-state index contributed by atoms with van der Waals surface area (Å²) in [7, 11) is 1.89. The summed E-state index contributed by atoms with van der Waals surface area (Å²) in [5, 5.41) is 0. The van der Waals surface area contributed by atoms with E-state index in [2.05, 4.69) is 0 Å². The third-order valence-electron chi connectivity index (χ3n) is 1.79. The van der Waals surface area contributed by atoms with Gasteiger partial charge in [-0.15, -0.1) is 0 Å². The quantitative estimate of drug-likeness (QED) is 0.542. The molecule has 1 aliphatic rings. The van der Waals surface area contributed by atoms with Crippen LogP contribution in [-0.4, -0.2) is 23.9 Å². The number of amides is 1. The second-order valence-electron chi connectivity index (χ2n) is 2.59. The smallest absolute Gasteiger partial charge is 0.222 e. The SMILES string of the molecule is CCC(=O)N(C)C1CC1. The van der Waals surface area contributed by atoms with E-state index in [1.807, 2.05) is 18.9 Å². The summed E-state index contributed by atoms with van der Waals surface area (Å²) < 4.78 is 0. The largest absolute Gasteiger partial charge is 0.343 e. The normalized spacial score (nSPS) is 17.6. The molecule has 0 spiro atoms. The van der Waals surface area contributed by atoms with E-state index in [9.17, 15) is 4.79 Å². The molecule has 0 N–H and O–H groups in total. The Hall–Kier alpha value is -0.530. The van der Waals surface area contributed by atoms with Crippen LogP contribution in [0.3, 0.4) is 0 Å². The molecule has 0 aromatic carbocycles. The molecule has 9 heavy (non-hydrogen) atoms. The molecule has 1 fully saturated rings. The molecule has 0 aliphatic heterocycles. The lowest BCUT2D eigenvalue weighted by molar-refractivity contribution is -0.130. The highest BCUT2D eigenvalue weighted by molar-refractivity contribution is 5.76. The maximum absolute atomic E-state index is 10.9. The van der Waals surface area contributed by atoms with Gasteiger partial charge in [-0.2, -0.15) is 0 Å². The summed E-state index contributed by atoms with van der Waals surface area (Å²) in [5.74, 6) is 0.275. The van der Waals surface area contributed by atoms with Crippen LogP contribution in [0.1, 0.15) is 26.2 Å².